The third kappa shape index (κ3) is 5.21. The molecule has 24 heavy (non-hydrogen) atoms. The van der Waals surface area contributed by atoms with E-state index in [1.54, 1.807) is 0 Å². The zero-order chi connectivity index (χ0) is 16.8. The first-order chi connectivity index (χ1) is 11.0. The number of hydrogen-bond donors (Lipinski definition) is 1. The molecule has 1 aromatic rings. The fraction of sp³-hybridized carbons (Fsp3) is 0.688. The van der Waals surface area contributed by atoms with Crippen LogP contribution < -0.4 is 15.4 Å². The van der Waals surface area contributed by atoms with Gasteiger partial charge in [0.05, 0.1) is 12.6 Å². The second-order valence-electron chi connectivity index (χ2n) is 5.79. The summed E-state index contributed by atoms with van der Waals surface area (Å²) in [6.45, 7) is 9.19. The molecule has 2 heterocycles. The van der Waals surface area contributed by atoms with Crippen LogP contribution in [0.3, 0.4) is 0 Å². The molecule has 8 heteroatoms. The number of carbonyl (C=O) groups excluding carboxylic acids is 1. The van der Waals surface area contributed by atoms with Gasteiger partial charge in [-0.25, -0.2) is 4.98 Å². The van der Waals surface area contributed by atoms with Crippen molar-refractivity contribution in [3.05, 3.63) is 11.8 Å². The van der Waals surface area contributed by atoms with Gasteiger partial charge >= 0.3 is 0 Å². The first-order valence-electron chi connectivity index (χ1n) is 8.33. The number of nitrogens with zero attached hydrogens (tertiary/aromatic N) is 4. The number of hydrogen-bond acceptors (Lipinski definition) is 6. The maximum atomic E-state index is 12.3. The van der Waals surface area contributed by atoms with Crippen molar-refractivity contribution in [1.29, 1.82) is 0 Å². The molecule has 1 aliphatic heterocycles. The molecule has 0 aliphatic carbocycles. The third-order valence-electron chi connectivity index (χ3n) is 3.90. The molecule has 136 valence electrons. The molecule has 2 N–H and O–H groups in total. The molecular weight excluding hydrogens is 330 g/mol. The number of aryl methyl sites for hydroxylation is 1. The summed E-state index contributed by atoms with van der Waals surface area (Å²) in [5.74, 6) is 1.31. The van der Waals surface area contributed by atoms with Crippen LogP contribution in [0, 0.1) is 6.92 Å². The Labute approximate surface area is 150 Å². The second kappa shape index (κ2) is 9.64. The van der Waals surface area contributed by atoms with E-state index in [0.717, 1.165) is 18.5 Å². The van der Waals surface area contributed by atoms with Gasteiger partial charge in [0.15, 0.2) is 0 Å². The highest BCUT2D eigenvalue weighted by Crippen LogP contribution is 2.17. The number of carbonyl (C=O) groups is 1. The van der Waals surface area contributed by atoms with Crippen LogP contribution in [-0.2, 0) is 4.79 Å². The predicted molar refractivity (Wildman–Crippen MR) is 96.9 cm³/mol. The lowest BCUT2D eigenvalue weighted by Gasteiger charge is -2.36. The highest BCUT2D eigenvalue weighted by molar-refractivity contribution is 5.85. The Morgan fingerprint density at radius 1 is 1.29 bits per heavy atom. The maximum Gasteiger partial charge on any atom is 0.239 e. The number of nitrogens with two attached hydrogens (primary N) is 1. The minimum absolute atomic E-state index is 0. The van der Waals surface area contributed by atoms with Gasteiger partial charge in [0.25, 0.3) is 0 Å². The Hall–Kier alpha value is -1.60. The lowest BCUT2D eigenvalue weighted by molar-refractivity contribution is -0.133. The Balaban J connectivity index is 0.00000288. The minimum Gasteiger partial charge on any atom is -0.478 e. The SMILES string of the molecule is CCCC(N)C(=O)N1CCN(c2nc(C)cc(OCC)n2)CC1.Cl. The van der Waals surface area contributed by atoms with Crippen LogP contribution in [0.15, 0.2) is 6.07 Å². The van der Waals surface area contributed by atoms with Gasteiger partial charge in [-0.05, 0) is 20.3 Å². The fourth-order valence-corrected chi connectivity index (χ4v) is 2.68. The Bertz CT molecular complexity index is 535. The average molecular weight is 358 g/mol. The first-order valence-corrected chi connectivity index (χ1v) is 8.33. The number of piperazine rings is 1. The molecule has 1 fully saturated rings. The van der Waals surface area contributed by atoms with Gasteiger partial charge in [0, 0.05) is 37.9 Å². The molecule has 1 atom stereocenters. The van der Waals surface area contributed by atoms with E-state index < -0.39 is 0 Å². The summed E-state index contributed by atoms with van der Waals surface area (Å²) in [6.07, 6.45) is 1.65. The van der Waals surface area contributed by atoms with Crippen LogP contribution in [0.25, 0.3) is 0 Å². The molecule has 0 radical (unpaired) electrons. The average Bonchev–Trinajstić information content (AvgIpc) is 2.54. The topological polar surface area (TPSA) is 84.6 Å². The molecule has 0 bridgehead atoms. The van der Waals surface area contributed by atoms with Gasteiger partial charge in [-0.2, -0.15) is 4.98 Å². The number of anilines is 1. The van der Waals surface area contributed by atoms with Crippen molar-refractivity contribution < 1.29 is 9.53 Å². The molecule has 1 amide bonds. The summed E-state index contributed by atoms with van der Waals surface area (Å²) >= 11 is 0. The molecule has 7 nitrogen and oxygen atoms in total. The van der Waals surface area contributed by atoms with E-state index in [1.165, 1.54) is 0 Å². The van der Waals surface area contributed by atoms with Gasteiger partial charge in [0.2, 0.25) is 17.7 Å². The molecule has 1 saturated heterocycles. The second-order valence-corrected chi connectivity index (χ2v) is 5.79. The van der Waals surface area contributed by atoms with E-state index in [2.05, 4.69) is 14.9 Å². The molecule has 0 spiro atoms. The molecule has 1 aliphatic rings. The lowest BCUT2D eigenvalue weighted by Crippen LogP contribution is -2.53. The minimum atomic E-state index is -0.383. The molecular formula is C16H28ClN5O2. The molecule has 1 aromatic heterocycles. The van der Waals surface area contributed by atoms with Crippen LogP contribution in [0.2, 0.25) is 0 Å². The predicted octanol–water partition coefficient (Wildman–Crippen LogP) is 1.38. The van der Waals surface area contributed by atoms with Crippen molar-refractivity contribution in [3.63, 3.8) is 0 Å². The quantitative estimate of drug-likeness (QED) is 0.828. The Morgan fingerprint density at radius 3 is 2.54 bits per heavy atom. The highest BCUT2D eigenvalue weighted by atomic mass is 35.5. The van der Waals surface area contributed by atoms with Gasteiger partial charge < -0.3 is 20.3 Å². The van der Waals surface area contributed by atoms with Gasteiger partial charge in [-0.3, -0.25) is 4.79 Å². The van der Waals surface area contributed by atoms with E-state index in [-0.39, 0.29) is 24.4 Å². The van der Waals surface area contributed by atoms with Crippen molar-refractivity contribution in [2.45, 2.75) is 39.7 Å². The summed E-state index contributed by atoms with van der Waals surface area (Å²) in [5, 5.41) is 0. The summed E-state index contributed by atoms with van der Waals surface area (Å²) < 4.78 is 5.48. The number of rotatable bonds is 6. The van der Waals surface area contributed by atoms with Crippen molar-refractivity contribution >= 4 is 24.3 Å². The highest BCUT2D eigenvalue weighted by Gasteiger charge is 2.26. The van der Waals surface area contributed by atoms with Crippen molar-refractivity contribution in [3.8, 4) is 5.88 Å². The van der Waals surface area contributed by atoms with Gasteiger partial charge in [-0.1, -0.05) is 13.3 Å². The zero-order valence-corrected chi connectivity index (χ0v) is 15.5. The summed E-state index contributed by atoms with van der Waals surface area (Å²) in [7, 11) is 0. The standard InChI is InChI=1S/C16H27N5O2.ClH/c1-4-6-13(17)15(22)20-7-9-21(10-8-20)16-18-12(3)11-14(19-16)23-5-2;/h11,13H,4-10,17H2,1-3H3;1H. The molecule has 1 unspecified atom stereocenters. The van der Waals surface area contributed by atoms with Crippen LogP contribution in [0.1, 0.15) is 32.4 Å². The van der Waals surface area contributed by atoms with Crippen molar-refractivity contribution in [2.75, 3.05) is 37.7 Å². The molecule has 0 aromatic carbocycles. The fourth-order valence-electron chi connectivity index (χ4n) is 2.68. The number of aromatic nitrogens is 2. The number of amides is 1. The monoisotopic (exact) mass is 357 g/mol. The summed E-state index contributed by atoms with van der Waals surface area (Å²) in [5.41, 5.74) is 6.81. The van der Waals surface area contributed by atoms with Crippen LogP contribution in [-0.4, -0.2) is 59.6 Å². The number of halogens is 1. The summed E-state index contributed by atoms with van der Waals surface area (Å²) in [4.78, 5) is 25.1. The van der Waals surface area contributed by atoms with Crippen LogP contribution >= 0.6 is 12.4 Å². The number of ether oxygens (including phenoxy) is 1. The largest absolute Gasteiger partial charge is 0.478 e. The molecule has 2 rings (SSSR count). The lowest BCUT2D eigenvalue weighted by atomic mass is 10.1. The first kappa shape index (κ1) is 20.4. The van der Waals surface area contributed by atoms with E-state index in [1.807, 2.05) is 31.7 Å². The van der Waals surface area contributed by atoms with Gasteiger partial charge in [0.1, 0.15) is 0 Å². The zero-order valence-electron chi connectivity index (χ0n) is 14.7. The van der Waals surface area contributed by atoms with E-state index in [9.17, 15) is 4.79 Å². The Morgan fingerprint density at radius 2 is 1.96 bits per heavy atom. The van der Waals surface area contributed by atoms with Crippen LogP contribution in [0.4, 0.5) is 5.95 Å². The van der Waals surface area contributed by atoms with E-state index in [4.69, 9.17) is 10.5 Å². The Kier molecular flexibility index (Phi) is 8.21. The third-order valence-corrected chi connectivity index (χ3v) is 3.90. The smallest absolute Gasteiger partial charge is 0.239 e. The van der Waals surface area contributed by atoms with Gasteiger partial charge in [-0.15, -0.1) is 12.4 Å². The summed E-state index contributed by atoms with van der Waals surface area (Å²) in [6, 6.07) is 1.45. The van der Waals surface area contributed by atoms with Crippen LogP contribution in [0.5, 0.6) is 5.88 Å². The van der Waals surface area contributed by atoms with E-state index in [0.29, 0.717) is 44.6 Å². The van der Waals surface area contributed by atoms with Crippen molar-refractivity contribution in [1.82, 2.24) is 14.9 Å². The maximum absolute atomic E-state index is 12.3. The normalized spacial score (nSPS) is 15.7. The molecule has 0 saturated carbocycles. The van der Waals surface area contributed by atoms with E-state index >= 15 is 0 Å². The van der Waals surface area contributed by atoms with Crippen molar-refractivity contribution in [2.24, 2.45) is 5.73 Å².